The maximum Gasteiger partial charge on any atom is 0.0615 e. The van der Waals surface area contributed by atoms with Crippen LogP contribution in [0.1, 0.15) is 31.9 Å². The molecule has 0 bridgehead atoms. The molecule has 4 heteroatoms. The molecular weight excluding hydrogens is 190 g/mol. The van der Waals surface area contributed by atoms with Gasteiger partial charge in [0.15, 0.2) is 0 Å². The Balaban J connectivity index is 2.50. The van der Waals surface area contributed by atoms with E-state index in [9.17, 15) is 0 Å². The zero-order valence-electron chi connectivity index (χ0n) is 10.0. The SMILES string of the molecule is CC[C@H](COC)N[C@@H](C)c1cnn(C)c1. The van der Waals surface area contributed by atoms with Crippen LogP contribution in [0.2, 0.25) is 0 Å². The third-order valence-electron chi connectivity index (χ3n) is 2.57. The van der Waals surface area contributed by atoms with Gasteiger partial charge < -0.3 is 10.1 Å². The van der Waals surface area contributed by atoms with Gasteiger partial charge in [-0.15, -0.1) is 0 Å². The van der Waals surface area contributed by atoms with Crippen molar-refractivity contribution in [1.29, 1.82) is 0 Å². The van der Waals surface area contributed by atoms with Crippen LogP contribution < -0.4 is 5.32 Å². The lowest BCUT2D eigenvalue weighted by atomic mass is 10.1. The van der Waals surface area contributed by atoms with Crippen LogP contribution in [0.15, 0.2) is 12.4 Å². The fourth-order valence-corrected chi connectivity index (χ4v) is 1.60. The van der Waals surface area contributed by atoms with Gasteiger partial charge in [-0.25, -0.2) is 0 Å². The monoisotopic (exact) mass is 211 g/mol. The van der Waals surface area contributed by atoms with Gasteiger partial charge in [-0.2, -0.15) is 5.10 Å². The maximum atomic E-state index is 5.15. The molecule has 2 atom stereocenters. The van der Waals surface area contributed by atoms with Crippen LogP contribution in [-0.4, -0.2) is 29.5 Å². The van der Waals surface area contributed by atoms with Crippen LogP contribution in [0.5, 0.6) is 0 Å². The summed E-state index contributed by atoms with van der Waals surface area (Å²) in [4.78, 5) is 0. The molecule has 0 amide bonds. The van der Waals surface area contributed by atoms with Crippen LogP contribution in [0.25, 0.3) is 0 Å². The Labute approximate surface area is 91.6 Å². The number of methoxy groups -OCH3 is 1. The molecule has 1 N–H and O–H groups in total. The Hall–Kier alpha value is -0.870. The van der Waals surface area contributed by atoms with Crippen molar-refractivity contribution in [3.8, 4) is 0 Å². The molecule has 0 unspecified atom stereocenters. The Morgan fingerprint density at radius 2 is 2.33 bits per heavy atom. The lowest BCUT2D eigenvalue weighted by molar-refractivity contribution is 0.159. The fourth-order valence-electron chi connectivity index (χ4n) is 1.60. The van der Waals surface area contributed by atoms with Gasteiger partial charge in [0.25, 0.3) is 0 Å². The highest BCUT2D eigenvalue weighted by Crippen LogP contribution is 2.12. The average Bonchev–Trinajstić information content (AvgIpc) is 2.64. The van der Waals surface area contributed by atoms with E-state index in [1.165, 1.54) is 5.56 Å². The third-order valence-corrected chi connectivity index (χ3v) is 2.57. The summed E-state index contributed by atoms with van der Waals surface area (Å²) in [5.41, 5.74) is 1.21. The van der Waals surface area contributed by atoms with Crippen LogP contribution in [0, 0.1) is 0 Å². The molecule has 86 valence electrons. The first kappa shape index (κ1) is 12.2. The predicted molar refractivity (Wildman–Crippen MR) is 60.7 cm³/mol. The van der Waals surface area contributed by atoms with Gasteiger partial charge in [-0.05, 0) is 13.3 Å². The highest BCUT2D eigenvalue weighted by Gasteiger charge is 2.12. The summed E-state index contributed by atoms with van der Waals surface area (Å²) in [5.74, 6) is 0. The minimum atomic E-state index is 0.318. The summed E-state index contributed by atoms with van der Waals surface area (Å²) < 4.78 is 6.98. The largest absolute Gasteiger partial charge is 0.383 e. The normalized spacial score (nSPS) is 15.2. The van der Waals surface area contributed by atoms with E-state index in [-0.39, 0.29) is 0 Å². The summed E-state index contributed by atoms with van der Waals surface area (Å²) in [6, 6.07) is 0.726. The number of hydrogen-bond donors (Lipinski definition) is 1. The molecule has 0 saturated heterocycles. The second-order valence-corrected chi connectivity index (χ2v) is 3.90. The number of rotatable bonds is 6. The minimum Gasteiger partial charge on any atom is -0.383 e. The van der Waals surface area contributed by atoms with Gasteiger partial charge in [0.1, 0.15) is 0 Å². The second-order valence-electron chi connectivity index (χ2n) is 3.90. The Bertz CT molecular complexity index is 285. The summed E-state index contributed by atoms with van der Waals surface area (Å²) in [7, 11) is 3.67. The lowest BCUT2D eigenvalue weighted by Crippen LogP contribution is -2.34. The van der Waals surface area contributed by atoms with E-state index in [0.29, 0.717) is 12.1 Å². The molecule has 15 heavy (non-hydrogen) atoms. The molecule has 0 radical (unpaired) electrons. The molecule has 0 aromatic carbocycles. The van der Waals surface area contributed by atoms with E-state index in [1.807, 2.05) is 24.1 Å². The van der Waals surface area contributed by atoms with Crippen molar-refractivity contribution in [2.45, 2.75) is 32.4 Å². The van der Waals surface area contributed by atoms with Crippen LogP contribution in [0.3, 0.4) is 0 Å². The van der Waals surface area contributed by atoms with Gasteiger partial charge >= 0.3 is 0 Å². The first-order valence-corrected chi connectivity index (χ1v) is 5.40. The molecule has 0 fully saturated rings. The van der Waals surface area contributed by atoms with Crippen molar-refractivity contribution in [2.75, 3.05) is 13.7 Å². The van der Waals surface area contributed by atoms with E-state index < -0.39 is 0 Å². The first-order chi connectivity index (χ1) is 7.17. The minimum absolute atomic E-state index is 0.318. The van der Waals surface area contributed by atoms with E-state index in [4.69, 9.17) is 4.74 Å². The van der Waals surface area contributed by atoms with Gasteiger partial charge in [-0.1, -0.05) is 6.92 Å². The number of nitrogens with zero attached hydrogens (tertiary/aromatic N) is 2. The molecule has 1 heterocycles. The van der Waals surface area contributed by atoms with Crippen molar-refractivity contribution in [3.05, 3.63) is 18.0 Å². The van der Waals surface area contributed by atoms with Gasteiger partial charge in [-0.3, -0.25) is 4.68 Å². The van der Waals surface area contributed by atoms with Crippen LogP contribution in [0.4, 0.5) is 0 Å². The number of nitrogens with one attached hydrogen (secondary N) is 1. The molecule has 0 saturated carbocycles. The Morgan fingerprint density at radius 1 is 1.60 bits per heavy atom. The summed E-state index contributed by atoms with van der Waals surface area (Å²) in [6.45, 7) is 5.06. The lowest BCUT2D eigenvalue weighted by Gasteiger charge is -2.20. The molecule has 0 aliphatic rings. The highest BCUT2D eigenvalue weighted by atomic mass is 16.5. The van der Waals surface area contributed by atoms with Gasteiger partial charge in [0, 0.05) is 38.0 Å². The molecule has 1 aromatic heterocycles. The highest BCUT2D eigenvalue weighted by molar-refractivity contribution is 5.09. The molecule has 1 aromatic rings. The fraction of sp³-hybridized carbons (Fsp3) is 0.727. The molecule has 0 aliphatic heterocycles. The summed E-state index contributed by atoms with van der Waals surface area (Å²) in [6.07, 6.45) is 5.01. The van der Waals surface area contributed by atoms with Crippen molar-refractivity contribution < 1.29 is 4.74 Å². The zero-order valence-corrected chi connectivity index (χ0v) is 10.0. The molecule has 1 rings (SSSR count). The molecule has 4 nitrogen and oxygen atoms in total. The van der Waals surface area contributed by atoms with E-state index in [0.717, 1.165) is 13.0 Å². The van der Waals surface area contributed by atoms with Crippen molar-refractivity contribution in [3.63, 3.8) is 0 Å². The maximum absolute atomic E-state index is 5.15. The standard InChI is InChI=1S/C11H21N3O/c1-5-11(8-15-4)13-9(2)10-6-12-14(3)7-10/h6-7,9,11,13H,5,8H2,1-4H3/t9-,11+/m0/s1. The van der Waals surface area contributed by atoms with E-state index in [2.05, 4.69) is 24.3 Å². The van der Waals surface area contributed by atoms with Gasteiger partial charge in [0.05, 0.1) is 12.8 Å². The molecule has 0 aliphatic carbocycles. The smallest absolute Gasteiger partial charge is 0.0615 e. The van der Waals surface area contributed by atoms with E-state index >= 15 is 0 Å². The number of aromatic nitrogens is 2. The predicted octanol–water partition coefficient (Wildman–Crippen LogP) is 1.50. The van der Waals surface area contributed by atoms with Crippen LogP contribution >= 0.6 is 0 Å². The van der Waals surface area contributed by atoms with Crippen molar-refractivity contribution in [2.24, 2.45) is 7.05 Å². The zero-order chi connectivity index (χ0) is 11.3. The molecule has 0 spiro atoms. The second kappa shape index (κ2) is 5.88. The van der Waals surface area contributed by atoms with Crippen molar-refractivity contribution in [1.82, 2.24) is 15.1 Å². The van der Waals surface area contributed by atoms with Gasteiger partial charge in [0.2, 0.25) is 0 Å². The first-order valence-electron chi connectivity index (χ1n) is 5.40. The third kappa shape index (κ3) is 3.64. The van der Waals surface area contributed by atoms with Crippen molar-refractivity contribution >= 4 is 0 Å². The average molecular weight is 211 g/mol. The Morgan fingerprint density at radius 3 is 2.80 bits per heavy atom. The summed E-state index contributed by atoms with van der Waals surface area (Å²) in [5, 5.41) is 7.68. The summed E-state index contributed by atoms with van der Waals surface area (Å²) >= 11 is 0. The van der Waals surface area contributed by atoms with E-state index in [1.54, 1.807) is 7.11 Å². The molecular formula is C11H21N3O. The topological polar surface area (TPSA) is 39.1 Å². The number of aryl methyl sites for hydroxylation is 1. The number of hydrogen-bond acceptors (Lipinski definition) is 3. The Kier molecular flexibility index (Phi) is 4.78. The number of ether oxygens (including phenoxy) is 1. The quantitative estimate of drug-likeness (QED) is 0.775. The van der Waals surface area contributed by atoms with Crippen LogP contribution in [-0.2, 0) is 11.8 Å².